The van der Waals surface area contributed by atoms with Gasteiger partial charge in [0.25, 0.3) is 0 Å². The lowest BCUT2D eigenvalue weighted by molar-refractivity contribution is -0.153. The maximum atomic E-state index is 11.8. The first-order valence-electron chi connectivity index (χ1n) is 6.02. The molecule has 0 radical (unpaired) electrons. The lowest BCUT2D eigenvalue weighted by atomic mass is 9.82. The van der Waals surface area contributed by atoms with Gasteiger partial charge in [0.15, 0.2) is 0 Å². The van der Waals surface area contributed by atoms with E-state index in [0.717, 1.165) is 0 Å². The first-order chi connectivity index (χ1) is 8.12. The molecule has 0 aromatic heterocycles. The van der Waals surface area contributed by atoms with Crippen LogP contribution in [0.4, 0.5) is 4.79 Å². The number of rotatable bonds is 2. The van der Waals surface area contributed by atoms with Crippen molar-refractivity contribution in [2.45, 2.75) is 45.8 Å². The van der Waals surface area contributed by atoms with Gasteiger partial charge in [0, 0.05) is 6.54 Å². The molecule has 6 heteroatoms. The van der Waals surface area contributed by atoms with Crippen LogP contribution in [0.25, 0.3) is 0 Å². The second-order valence-corrected chi connectivity index (χ2v) is 5.69. The molecular formula is C12H21NO5. The molecule has 1 rings (SSSR count). The van der Waals surface area contributed by atoms with Crippen LogP contribution in [0.2, 0.25) is 0 Å². The van der Waals surface area contributed by atoms with Gasteiger partial charge in [-0.2, -0.15) is 0 Å². The van der Waals surface area contributed by atoms with Crippen LogP contribution in [0.3, 0.4) is 0 Å². The number of amides is 1. The summed E-state index contributed by atoms with van der Waals surface area (Å²) in [7, 11) is 0. The summed E-state index contributed by atoms with van der Waals surface area (Å²) in [6.45, 7) is 6.88. The summed E-state index contributed by atoms with van der Waals surface area (Å²) in [5.74, 6) is -1.08. The first kappa shape index (κ1) is 14.8. The number of carbonyl (C=O) groups is 2. The monoisotopic (exact) mass is 259 g/mol. The van der Waals surface area contributed by atoms with Crippen LogP contribution in [0.5, 0.6) is 0 Å². The Kier molecular flexibility index (Phi) is 3.90. The standard InChI is InChI=1S/C12H21NO5/c1-5-12(9(15)16)7-13(6-8(12)14)10(17)18-11(2,3)4/h8,14H,5-7H2,1-4H3,(H,15,16). The molecule has 0 aromatic rings. The van der Waals surface area contributed by atoms with Crippen molar-refractivity contribution in [2.75, 3.05) is 13.1 Å². The third-order valence-electron chi connectivity index (χ3n) is 3.21. The van der Waals surface area contributed by atoms with Crippen molar-refractivity contribution in [3.05, 3.63) is 0 Å². The van der Waals surface area contributed by atoms with Gasteiger partial charge in [-0.25, -0.2) is 4.79 Å². The Morgan fingerprint density at radius 2 is 2.00 bits per heavy atom. The second-order valence-electron chi connectivity index (χ2n) is 5.69. The van der Waals surface area contributed by atoms with Crippen LogP contribution in [-0.2, 0) is 9.53 Å². The summed E-state index contributed by atoms with van der Waals surface area (Å²) in [6.07, 6.45) is -1.38. The largest absolute Gasteiger partial charge is 0.481 e. The second kappa shape index (κ2) is 4.76. The zero-order chi connectivity index (χ0) is 14.1. The number of carboxylic acids is 1. The minimum atomic E-state index is -1.28. The number of aliphatic hydroxyl groups is 1. The molecule has 0 aromatic carbocycles. The van der Waals surface area contributed by atoms with Gasteiger partial charge >= 0.3 is 12.1 Å². The fourth-order valence-corrected chi connectivity index (χ4v) is 2.07. The first-order valence-corrected chi connectivity index (χ1v) is 6.02. The topological polar surface area (TPSA) is 87.1 Å². The lowest BCUT2D eigenvalue weighted by Crippen LogP contribution is -2.42. The average Bonchev–Trinajstić information content (AvgIpc) is 2.54. The number of carboxylic acid groups (broad SMARTS) is 1. The van der Waals surface area contributed by atoms with Gasteiger partial charge in [-0.1, -0.05) is 6.92 Å². The quantitative estimate of drug-likeness (QED) is 0.774. The molecule has 1 aliphatic heterocycles. The van der Waals surface area contributed by atoms with Crippen molar-refractivity contribution < 1.29 is 24.5 Å². The zero-order valence-electron chi connectivity index (χ0n) is 11.3. The SMILES string of the molecule is CCC1(C(=O)O)CN(C(=O)OC(C)(C)C)CC1O. The van der Waals surface area contributed by atoms with E-state index in [1.54, 1.807) is 27.7 Å². The van der Waals surface area contributed by atoms with Crippen molar-refractivity contribution in [2.24, 2.45) is 5.41 Å². The fraction of sp³-hybridized carbons (Fsp3) is 0.833. The van der Waals surface area contributed by atoms with E-state index in [4.69, 9.17) is 4.74 Å². The highest BCUT2D eigenvalue weighted by molar-refractivity contribution is 5.78. The molecule has 0 spiro atoms. The van der Waals surface area contributed by atoms with Crippen LogP contribution < -0.4 is 0 Å². The molecule has 1 aliphatic rings. The van der Waals surface area contributed by atoms with E-state index in [9.17, 15) is 19.8 Å². The summed E-state index contributed by atoms with van der Waals surface area (Å²) in [4.78, 5) is 24.4. The molecule has 1 amide bonds. The Morgan fingerprint density at radius 1 is 1.44 bits per heavy atom. The van der Waals surface area contributed by atoms with Crippen LogP contribution >= 0.6 is 0 Å². The Labute approximate surface area is 107 Å². The van der Waals surface area contributed by atoms with E-state index in [2.05, 4.69) is 0 Å². The number of ether oxygens (including phenoxy) is 1. The molecule has 1 fully saturated rings. The summed E-state index contributed by atoms with van der Waals surface area (Å²) in [5, 5.41) is 19.1. The van der Waals surface area contributed by atoms with Crippen LogP contribution in [0, 0.1) is 5.41 Å². The maximum absolute atomic E-state index is 11.8. The Morgan fingerprint density at radius 3 is 2.33 bits per heavy atom. The van der Waals surface area contributed by atoms with Crippen molar-refractivity contribution in [3.8, 4) is 0 Å². The fourth-order valence-electron chi connectivity index (χ4n) is 2.07. The normalized spacial score (nSPS) is 28.3. The average molecular weight is 259 g/mol. The Hall–Kier alpha value is -1.30. The highest BCUT2D eigenvalue weighted by atomic mass is 16.6. The van der Waals surface area contributed by atoms with Gasteiger partial charge < -0.3 is 19.8 Å². The van der Waals surface area contributed by atoms with Crippen molar-refractivity contribution in [1.82, 2.24) is 4.90 Å². The molecule has 2 unspecified atom stereocenters. The molecule has 2 atom stereocenters. The Balaban J connectivity index is 2.80. The van der Waals surface area contributed by atoms with Crippen molar-refractivity contribution in [3.63, 3.8) is 0 Å². The van der Waals surface area contributed by atoms with Crippen molar-refractivity contribution >= 4 is 12.1 Å². The van der Waals surface area contributed by atoms with E-state index in [1.165, 1.54) is 4.90 Å². The van der Waals surface area contributed by atoms with E-state index in [-0.39, 0.29) is 19.5 Å². The molecule has 2 N–H and O–H groups in total. The van der Waals surface area contributed by atoms with Crippen LogP contribution in [-0.4, -0.2) is 52.0 Å². The maximum Gasteiger partial charge on any atom is 0.410 e. The number of hydrogen-bond donors (Lipinski definition) is 2. The van der Waals surface area contributed by atoms with E-state index >= 15 is 0 Å². The number of carbonyl (C=O) groups excluding carboxylic acids is 1. The Bertz CT molecular complexity index is 349. The van der Waals surface area contributed by atoms with Gasteiger partial charge in [-0.3, -0.25) is 4.79 Å². The summed E-state index contributed by atoms with van der Waals surface area (Å²) >= 11 is 0. The van der Waals surface area contributed by atoms with Crippen molar-refractivity contribution in [1.29, 1.82) is 0 Å². The minimum Gasteiger partial charge on any atom is -0.481 e. The highest BCUT2D eigenvalue weighted by Gasteiger charge is 2.52. The summed E-state index contributed by atoms with van der Waals surface area (Å²) < 4.78 is 5.17. The molecule has 104 valence electrons. The molecule has 0 bridgehead atoms. The van der Waals surface area contributed by atoms with Gasteiger partial charge in [0.1, 0.15) is 11.0 Å². The third kappa shape index (κ3) is 2.75. The predicted molar refractivity (Wildman–Crippen MR) is 64.2 cm³/mol. The smallest absolute Gasteiger partial charge is 0.410 e. The molecule has 6 nitrogen and oxygen atoms in total. The van der Waals surface area contributed by atoms with Gasteiger partial charge in [0.05, 0.1) is 12.6 Å². The third-order valence-corrected chi connectivity index (χ3v) is 3.21. The van der Waals surface area contributed by atoms with E-state index in [0.29, 0.717) is 0 Å². The van der Waals surface area contributed by atoms with E-state index in [1.807, 2.05) is 0 Å². The zero-order valence-corrected chi connectivity index (χ0v) is 11.3. The highest BCUT2D eigenvalue weighted by Crippen LogP contribution is 2.35. The number of aliphatic carboxylic acids is 1. The molecule has 0 saturated carbocycles. The number of nitrogens with zero attached hydrogens (tertiary/aromatic N) is 1. The lowest BCUT2D eigenvalue weighted by Gasteiger charge is -2.26. The number of likely N-dealkylation sites (tertiary alicyclic amines) is 1. The van der Waals surface area contributed by atoms with Gasteiger partial charge in [0.2, 0.25) is 0 Å². The molecule has 1 saturated heterocycles. The number of β-amino-alcohol motifs (C(OH)–C–C–N with tert-alkyl or cyclic N) is 1. The predicted octanol–water partition coefficient (Wildman–Crippen LogP) is 1.08. The van der Waals surface area contributed by atoms with Crippen LogP contribution in [0.1, 0.15) is 34.1 Å². The summed E-state index contributed by atoms with van der Waals surface area (Å²) in [6, 6.07) is 0. The molecule has 18 heavy (non-hydrogen) atoms. The number of aliphatic hydroxyl groups excluding tert-OH is 1. The molecular weight excluding hydrogens is 238 g/mol. The van der Waals surface area contributed by atoms with Gasteiger partial charge in [-0.05, 0) is 27.2 Å². The van der Waals surface area contributed by atoms with Crippen LogP contribution in [0.15, 0.2) is 0 Å². The molecule has 0 aliphatic carbocycles. The minimum absolute atomic E-state index is 0.00491. The van der Waals surface area contributed by atoms with Gasteiger partial charge in [-0.15, -0.1) is 0 Å². The number of hydrogen-bond acceptors (Lipinski definition) is 4. The van der Waals surface area contributed by atoms with E-state index < -0.39 is 29.2 Å². The summed E-state index contributed by atoms with van der Waals surface area (Å²) in [5.41, 5.74) is -1.92. The molecule has 1 heterocycles.